The molecule has 0 amide bonds. The van der Waals surface area contributed by atoms with Crippen molar-refractivity contribution >= 4 is 18.4 Å². The standard InChI is InChI=1S/C20H25NO2.ClH/c1-15(2)21-14-16(3)23-20(22)19(17-10-6-4-7-11-17)18-12-8-5-9-13-18;/h4-13,15-16,19,21H,14H2,1-3H3;1H. The summed E-state index contributed by atoms with van der Waals surface area (Å²) < 4.78 is 5.67. The van der Waals surface area contributed by atoms with Gasteiger partial charge in [0.05, 0.1) is 0 Å². The summed E-state index contributed by atoms with van der Waals surface area (Å²) >= 11 is 0. The maximum Gasteiger partial charge on any atom is 0.318 e. The van der Waals surface area contributed by atoms with Gasteiger partial charge >= 0.3 is 5.97 Å². The second kappa shape index (κ2) is 10.1. The van der Waals surface area contributed by atoms with Gasteiger partial charge in [-0.05, 0) is 18.1 Å². The van der Waals surface area contributed by atoms with E-state index in [0.717, 1.165) is 11.1 Å². The molecule has 0 radical (unpaired) electrons. The zero-order valence-corrected chi connectivity index (χ0v) is 15.3. The third kappa shape index (κ3) is 5.99. The molecule has 2 rings (SSSR count). The first-order valence-electron chi connectivity index (χ1n) is 8.11. The molecule has 0 saturated carbocycles. The van der Waals surface area contributed by atoms with Gasteiger partial charge < -0.3 is 10.1 Å². The number of nitrogens with one attached hydrogen (secondary N) is 1. The van der Waals surface area contributed by atoms with Crippen LogP contribution >= 0.6 is 12.4 Å². The molecule has 1 atom stereocenters. The molecule has 3 nitrogen and oxygen atoms in total. The van der Waals surface area contributed by atoms with Gasteiger partial charge in [0.15, 0.2) is 0 Å². The van der Waals surface area contributed by atoms with Crippen molar-refractivity contribution in [1.29, 1.82) is 0 Å². The predicted octanol–water partition coefficient (Wildman–Crippen LogP) is 4.17. The van der Waals surface area contributed by atoms with Crippen molar-refractivity contribution in [3.8, 4) is 0 Å². The number of rotatable bonds is 7. The molecule has 1 unspecified atom stereocenters. The minimum Gasteiger partial charge on any atom is -0.461 e. The third-order valence-corrected chi connectivity index (χ3v) is 3.63. The summed E-state index contributed by atoms with van der Waals surface area (Å²) in [6, 6.07) is 19.9. The number of benzene rings is 2. The fourth-order valence-electron chi connectivity index (χ4n) is 2.47. The monoisotopic (exact) mass is 347 g/mol. The van der Waals surface area contributed by atoms with Crippen LogP contribution < -0.4 is 5.32 Å². The van der Waals surface area contributed by atoms with Crippen molar-refractivity contribution in [2.24, 2.45) is 0 Å². The van der Waals surface area contributed by atoms with Gasteiger partial charge in [-0.3, -0.25) is 4.79 Å². The molecule has 0 aromatic heterocycles. The molecule has 4 heteroatoms. The molecule has 130 valence electrons. The fraction of sp³-hybridized carbons (Fsp3) is 0.350. The Hall–Kier alpha value is -1.84. The van der Waals surface area contributed by atoms with Crippen LogP contribution in [0, 0.1) is 0 Å². The van der Waals surface area contributed by atoms with Crippen LogP contribution in [0.2, 0.25) is 0 Å². The summed E-state index contributed by atoms with van der Waals surface area (Å²) in [4.78, 5) is 12.7. The molecule has 0 aliphatic carbocycles. The van der Waals surface area contributed by atoms with Crippen LogP contribution in [0.15, 0.2) is 60.7 Å². The van der Waals surface area contributed by atoms with Crippen LogP contribution in [0.4, 0.5) is 0 Å². The van der Waals surface area contributed by atoms with Crippen LogP contribution in [-0.4, -0.2) is 24.7 Å². The van der Waals surface area contributed by atoms with Gasteiger partial charge in [0, 0.05) is 12.6 Å². The summed E-state index contributed by atoms with van der Waals surface area (Å²) in [5.74, 6) is -0.598. The van der Waals surface area contributed by atoms with Crippen molar-refractivity contribution in [2.75, 3.05) is 6.54 Å². The highest BCUT2D eigenvalue weighted by Gasteiger charge is 2.25. The van der Waals surface area contributed by atoms with Crippen LogP contribution in [0.3, 0.4) is 0 Å². The van der Waals surface area contributed by atoms with Crippen molar-refractivity contribution in [3.63, 3.8) is 0 Å². The molecule has 0 spiro atoms. The Balaban J connectivity index is 0.00000288. The van der Waals surface area contributed by atoms with Gasteiger partial charge in [0.25, 0.3) is 0 Å². The second-order valence-corrected chi connectivity index (χ2v) is 6.06. The predicted molar refractivity (Wildman–Crippen MR) is 101 cm³/mol. The number of ether oxygens (including phenoxy) is 1. The van der Waals surface area contributed by atoms with Gasteiger partial charge in [-0.15, -0.1) is 12.4 Å². The van der Waals surface area contributed by atoms with E-state index in [1.807, 2.05) is 67.6 Å². The fourth-order valence-corrected chi connectivity index (χ4v) is 2.47. The van der Waals surface area contributed by atoms with Gasteiger partial charge in [0.1, 0.15) is 12.0 Å². The number of hydrogen-bond donors (Lipinski definition) is 1. The van der Waals surface area contributed by atoms with Gasteiger partial charge in [-0.1, -0.05) is 74.5 Å². The molecule has 0 heterocycles. The Labute approximate surface area is 150 Å². The molecule has 0 fully saturated rings. The Morgan fingerprint density at radius 2 is 1.38 bits per heavy atom. The third-order valence-electron chi connectivity index (χ3n) is 3.63. The minimum absolute atomic E-state index is 0. The highest BCUT2D eigenvalue weighted by atomic mass is 35.5. The molecule has 1 N–H and O–H groups in total. The number of esters is 1. The van der Waals surface area contributed by atoms with E-state index in [4.69, 9.17) is 4.74 Å². The normalized spacial score (nSPS) is 11.9. The average molecular weight is 348 g/mol. The van der Waals surface area contributed by atoms with Gasteiger partial charge in [-0.25, -0.2) is 0 Å². The Morgan fingerprint density at radius 3 is 1.79 bits per heavy atom. The van der Waals surface area contributed by atoms with E-state index in [1.165, 1.54) is 0 Å². The van der Waals surface area contributed by atoms with Crippen molar-refractivity contribution in [1.82, 2.24) is 5.32 Å². The average Bonchev–Trinajstić information content (AvgIpc) is 2.55. The topological polar surface area (TPSA) is 38.3 Å². The van der Waals surface area contributed by atoms with E-state index in [9.17, 15) is 4.79 Å². The highest BCUT2D eigenvalue weighted by Crippen LogP contribution is 2.26. The van der Waals surface area contributed by atoms with Crippen molar-refractivity contribution in [3.05, 3.63) is 71.8 Å². The van der Waals surface area contributed by atoms with Crippen molar-refractivity contribution < 1.29 is 9.53 Å². The molecule has 0 saturated heterocycles. The van der Waals surface area contributed by atoms with Crippen LogP contribution in [0.1, 0.15) is 37.8 Å². The summed E-state index contributed by atoms with van der Waals surface area (Å²) in [5.41, 5.74) is 1.90. The summed E-state index contributed by atoms with van der Waals surface area (Å²) in [6.45, 7) is 6.72. The van der Waals surface area contributed by atoms with Gasteiger partial charge in [0.2, 0.25) is 0 Å². The lowest BCUT2D eigenvalue weighted by molar-refractivity contribution is -0.148. The Morgan fingerprint density at radius 1 is 0.917 bits per heavy atom. The van der Waals surface area contributed by atoms with E-state index >= 15 is 0 Å². The maximum atomic E-state index is 12.7. The van der Waals surface area contributed by atoms with Gasteiger partial charge in [-0.2, -0.15) is 0 Å². The SMILES string of the molecule is CC(C)NCC(C)OC(=O)C(c1ccccc1)c1ccccc1.Cl. The van der Waals surface area contributed by atoms with E-state index < -0.39 is 0 Å². The number of carbonyl (C=O) groups is 1. The van der Waals surface area contributed by atoms with Crippen LogP contribution in [0.5, 0.6) is 0 Å². The second-order valence-electron chi connectivity index (χ2n) is 6.06. The first-order valence-corrected chi connectivity index (χ1v) is 8.11. The zero-order valence-electron chi connectivity index (χ0n) is 14.4. The lowest BCUT2D eigenvalue weighted by Crippen LogP contribution is -2.34. The molecule has 0 aliphatic heterocycles. The molecular formula is C20H26ClNO2. The maximum absolute atomic E-state index is 12.7. The first-order chi connectivity index (χ1) is 11.1. The minimum atomic E-state index is -0.390. The number of carbonyl (C=O) groups excluding carboxylic acids is 1. The number of halogens is 1. The summed E-state index contributed by atoms with van der Waals surface area (Å²) in [5, 5.41) is 3.29. The largest absolute Gasteiger partial charge is 0.461 e. The van der Waals surface area contributed by atoms with E-state index in [2.05, 4.69) is 19.2 Å². The molecule has 2 aromatic rings. The highest BCUT2D eigenvalue weighted by molar-refractivity contribution is 5.85. The summed E-state index contributed by atoms with van der Waals surface area (Å²) in [6.07, 6.45) is -0.167. The first kappa shape index (κ1) is 20.2. The Kier molecular flexibility index (Phi) is 8.51. The molecule has 0 aliphatic rings. The Bertz CT molecular complexity index is 562. The lowest BCUT2D eigenvalue weighted by Gasteiger charge is -2.21. The molecule has 0 bridgehead atoms. The van der Waals surface area contributed by atoms with E-state index in [1.54, 1.807) is 0 Å². The van der Waals surface area contributed by atoms with Crippen LogP contribution in [-0.2, 0) is 9.53 Å². The molecule has 2 aromatic carbocycles. The number of hydrogen-bond acceptors (Lipinski definition) is 3. The lowest BCUT2D eigenvalue weighted by atomic mass is 9.91. The van der Waals surface area contributed by atoms with E-state index in [-0.39, 0.29) is 30.4 Å². The van der Waals surface area contributed by atoms with E-state index in [0.29, 0.717) is 12.6 Å². The smallest absolute Gasteiger partial charge is 0.318 e. The molecule has 24 heavy (non-hydrogen) atoms. The summed E-state index contributed by atoms with van der Waals surface area (Å²) in [7, 11) is 0. The van der Waals surface area contributed by atoms with Crippen molar-refractivity contribution in [2.45, 2.75) is 38.8 Å². The van der Waals surface area contributed by atoms with Crippen LogP contribution in [0.25, 0.3) is 0 Å². The quantitative estimate of drug-likeness (QED) is 0.764. The zero-order chi connectivity index (χ0) is 16.7. The molecular weight excluding hydrogens is 322 g/mol.